The number of ether oxygens (including phenoxy) is 2. The van der Waals surface area contributed by atoms with Gasteiger partial charge in [0.15, 0.2) is 0 Å². The molecule has 0 saturated heterocycles. The van der Waals surface area contributed by atoms with Crippen molar-refractivity contribution in [3.05, 3.63) is 59.3 Å². The minimum absolute atomic E-state index is 0.418. The average Bonchev–Trinajstić information content (AvgIpc) is 2.64. The number of nitrogens with one attached hydrogen (secondary N) is 2. The van der Waals surface area contributed by atoms with E-state index < -0.39 is 28.9 Å². The fourth-order valence-electron chi connectivity index (χ4n) is 3.13. The molecule has 0 spiro atoms. The van der Waals surface area contributed by atoms with Crippen LogP contribution in [-0.4, -0.2) is 28.4 Å². The molecule has 184 valence electrons. The molecule has 0 unspecified atom stereocenters. The van der Waals surface area contributed by atoms with E-state index >= 15 is 0 Å². The average molecular weight is 468 g/mol. The number of benzene rings is 1. The number of hydrogen-bond acceptors (Lipinski definition) is 5. The lowest BCUT2D eigenvalue weighted by atomic mass is 9.92. The lowest BCUT2D eigenvalue weighted by molar-refractivity contribution is 0.0469. The second-order valence-electron chi connectivity index (χ2n) is 10.8. The number of amides is 2. The van der Waals surface area contributed by atoms with Crippen LogP contribution in [0.1, 0.15) is 79.0 Å². The number of carbonyl (C=O) groups is 2. The van der Waals surface area contributed by atoms with Gasteiger partial charge in [-0.15, -0.1) is 0 Å². The Morgan fingerprint density at radius 2 is 1.41 bits per heavy atom. The third kappa shape index (κ3) is 8.89. The number of anilines is 1. The molecule has 1 heterocycles. The second kappa shape index (κ2) is 10.3. The van der Waals surface area contributed by atoms with Crippen LogP contribution in [0.15, 0.2) is 42.6 Å². The van der Waals surface area contributed by atoms with Crippen molar-refractivity contribution in [3.63, 3.8) is 0 Å². The highest BCUT2D eigenvalue weighted by Gasteiger charge is 2.26. The van der Waals surface area contributed by atoms with E-state index in [1.54, 1.807) is 12.3 Å². The highest BCUT2D eigenvalue weighted by atomic mass is 16.6. The van der Waals surface area contributed by atoms with E-state index in [0.717, 1.165) is 22.3 Å². The Morgan fingerprint density at radius 1 is 0.853 bits per heavy atom. The maximum atomic E-state index is 12.2. The van der Waals surface area contributed by atoms with Gasteiger partial charge in [0.05, 0.1) is 5.54 Å². The van der Waals surface area contributed by atoms with Crippen molar-refractivity contribution in [1.82, 2.24) is 10.3 Å². The van der Waals surface area contributed by atoms with Crippen molar-refractivity contribution in [1.29, 1.82) is 0 Å². The Bertz CT molecular complexity index is 1040. The largest absolute Gasteiger partial charge is 0.444 e. The first-order valence-corrected chi connectivity index (χ1v) is 11.3. The summed E-state index contributed by atoms with van der Waals surface area (Å²) in [6.07, 6.45) is 2.66. The second-order valence-corrected chi connectivity index (χ2v) is 10.8. The molecule has 7 nitrogen and oxygen atoms in total. The first-order chi connectivity index (χ1) is 15.5. The van der Waals surface area contributed by atoms with Gasteiger partial charge in [0.2, 0.25) is 0 Å². The van der Waals surface area contributed by atoms with E-state index in [4.69, 9.17) is 9.47 Å². The third-order valence-electron chi connectivity index (χ3n) is 4.67. The molecule has 2 aromatic rings. The van der Waals surface area contributed by atoms with E-state index in [9.17, 15) is 9.59 Å². The fraction of sp³-hybridized carbons (Fsp3) is 0.444. The predicted octanol–water partition coefficient (Wildman–Crippen LogP) is 6.75. The summed E-state index contributed by atoms with van der Waals surface area (Å²) in [5, 5.41) is 5.59. The lowest BCUT2D eigenvalue weighted by Gasteiger charge is -2.29. The van der Waals surface area contributed by atoms with E-state index in [2.05, 4.69) is 15.6 Å². The molecule has 0 aliphatic carbocycles. The summed E-state index contributed by atoms with van der Waals surface area (Å²) in [5.74, 6) is 0.418. The number of alkyl carbamates (subject to hydrolysis) is 1. The number of carbonyl (C=O) groups excluding carboxylic acids is 2. The lowest BCUT2D eigenvalue weighted by Crippen LogP contribution is -2.43. The van der Waals surface area contributed by atoms with Crippen molar-refractivity contribution in [2.24, 2.45) is 0 Å². The molecule has 0 bridgehead atoms. The van der Waals surface area contributed by atoms with Gasteiger partial charge in [-0.05, 0) is 96.7 Å². The van der Waals surface area contributed by atoms with E-state index in [0.29, 0.717) is 5.82 Å². The molecular formula is C27H37N3O4. The molecule has 0 radical (unpaired) electrons. The molecule has 0 aliphatic heterocycles. The van der Waals surface area contributed by atoms with Gasteiger partial charge in [0, 0.05) is 6.20 Å². The van der Waals surface area contributed by atoms with Crippen LogP contribution in [0, 0.1) is 0 Å². The van der Waals surface area contributed by atoms with Crippen LogP contribution in [0.3, 0.4) is 0 Å². The Labute approximate surface area is 203 Å². The molecule has 2 rings (SSSR count). The maximum absolute atomic E-state index is 12.2. The molecule has 0 atom stereocenters. The Hall–Kier alpha value is -3.35. The summed E-state index contributed by atoms with van der Waals surface area (Å²) < 4.78 is 10.7. The Balaban J connectivity index is 2.12. The molecule has 1 aromatic carbocycles. The van der Waals surface area contributed by atoms with Crippen LogP contribution in [0.4, 0.5) is 15.4 Å². The van der Waals surface area contributed by atoms with Crippen molar-refractivity contribution < 1.29 is 19.1 Å². The molecule has 2 N–H and O–H groups in total. The minimum Gasteiger partial charge on any atom is -0.444 e. The quantitative estimate of drug-likeness (QED) is 0.508. The van der Waals surface area contributed by atoms with Crippen molar-refractivity contribution in [2.45, 2.75) is 79.1 Å². The maximum Gasteiger partial charge on any atom is 0.413 e. The van der Waals surface area contributed by atoms with Crippen LogP contribution in [0.2, 0.25) is 0 Å². The normalized spacial score (nSPS) is 12.7. The number of hydrogen-bond donors (Lipinski definition) is 2. The summed E-state index contributed by atoms with van der Waals surface area (Å²) in [7, 11) is 0. The van der Waals surface area contributed by atoms with E-state index in [1.165, 1.54) is 0 Å². The Morgan fingerprint density at radius 3 is 1.97 bits per heavy atom. The molecule has 0 fully saturated rings. The van der Waals surface area contributed by atoms with Gasteiger partial charge in [-0.25, -0.2) is 14.6 Å². The minimum atomic E-state index is -0.591. The van der Waals surface area contributed by atoms with Gasteiger partial charge in [-0.3, -0.25) is 5.32 Å². The van der Waals surface area contributed by atoms with Crippen molar-refractivity contribution >= 4 is 29.7 Å². The topological polar surface area (TPSA) is 89.5 Å². The molecule has 2 amide bonds. The van der Waals surface area contributed by atoms with Crippen LogP contribution in [0.5, 0.6) is 0 Å². The summed E-state index contributed by atoms with van der Waals surface area (Å²) in [6, 6.07) is 11.7. The number of aromatic nitrogens is 1. The van der Waals surface area contributed by atoms with Crippen molar-refractivity contribution in [2.75, 3.05) is 5.32 Å². The number of allylic oxidation sites excluding steroid dienone is 1. The molecule has 0 saturated carbocycles. The fourth-order valence-corrected chi connectivity index (χ4v) is 3.13. The van der Waals surface area contributed by atoms with Gasteiger partial charge in [0.1, 0.15) is 17.0 Å². The smallest absolute Gasteiger partial charge is 0.413 e. The number of rotatable bonds is 5. The highest BCUT2D eigenvalue weighted by Crippen LogP contribution is 2.25. The summed E-state index contributed by atoms with van der Waals surface area (Å²) in [4.78, 5) is 28.4. The Kier molecular flexibility index (Phi) is 8.14. The first kappa shape index (κ1) is 26.9. The van der Waals surface area contributed by atoms with E-state index in [1.807, 2.05) is 98.7 Å². The van der Waals surface area contributed by atoms with Gasteiger partial charge in [0.25, 0.3) is 0 Å². The van der Waals surface area contributed by atoms with Gasteiger partial charge in [-0.2, -0.15) is 0 Å². The van der Waals surface area contributed by atoms with Gasteiger partial charge >= 0.3 is 12.2 Å². The summed E-state index contributed by atoms with van der Waals surface area (Å²) >= 11 is 0. The van der Waals surface area contributed by atoms with Crippen LogP contribution >= 0.6 is 0 Å². The van der Waals surface area contributed by atoms with Crippen LogP contribution in [0.25, 0.3) is 11.6 Å². The van der Waals surface area contributed by atoms with Gasteiger partial charge in [-0.1, -0.05) is 30.3 Å². The van der Waals surface area contributed by atoms with Crippen LogP contribution < -0.4 is 10.6 Å². The summed E-state index contributed by atoms with van der Waals surface area (Å²) in [5.41, 5.74) is 2.21. The molecule has 0 aliphatic rings. The molecule has 34 heavy (non-hydrogen) atoms. The molecule has 7 heteroatoms. The van der Waals surface area contributed by atoms with Crippen molar-refractivity contribution in [3.8, 4) is 0 Å². The zero-order chi connectivity index (χ0) is 25.7. The molecule has 1 aromatic heterocycles. The van der Waals surface area contributed by atoms with Crippen LogP contribution in [-0.2, 0) is 15.0 Å². The molecular weight excluding hydrogens is 430 g/mol. The van der Waals surface area contributed by atoms with E-state index in [-0.39, 0.29) is 0 Å². The SMILES string of the molecule is C/C(=C\c1ccnc(NC(=O)OC(C)(C)C)c1)c1ccc(C(C)(C)NC(=O)OC(C)(C)C)cc1. The summed E-state index contributed by atoms with van der Waals surface area (Å²) in [6.45, 7) is 16.8. The zero-order valence-electron chi connectivity index (χ0n) is 21.7. The number of pyridine rings is 1. The predicted molar refractivity (Wildman–Crippen MR) is 136 cm³/mol. The third-order valence-corrected chi connectivity index (χ3v) is 4.67. The monoisotopic (exact) mass is 467 g/mol. The number of nitrogens with zero attached hydrogens (tertiary/aromatic N) is 1. The zero-order valence-corrected chi connectivity index (χ0v) is 21.7. The first-order valence-electron chi connectivity index (χ1n) is 11.3. The standard InChI is InChI=1S/C27H37N3O4/c1-18(16-19-14-15-28-22(17-19)29-23(31)33-25(2,3)4)20-10-12-21(13-11-20)27(8,9)30-24(32)34-26(5,6)7/h10-17H,1-9H3,(H,30,32)(H,28,29,31)/b18-16+. The highest BCUT2D eigenvalue weighted by molar-refractivity contribution is 5.85. The van der Waals surface area contributed by atoms with Gasteiger partial charge < -0.3 is 14.8 Å².